The summed E-state index contributed by atoms with van der Waals surface area (Å²) >= 11 is 0. The van der Waals surface area contributed by atoms with E-state index in [1.54, 1.807) is 19.2 Å². The molecule has 0 spiro atoms. The van der Waals surface area contributed by atoms with E-state index in [1.807, 2.05) is 13.0 Å². The second kappa shape index (κ2) is 11.2. The van der Waals surface area contributed by atoms with Crippen molar-refractivity contribution in [1.29, 1.82) is 0 Å². The van der Waals surface area contributed by atoms with Crippen LogP contribution in [0.3, 0.4) is 0 Å². The van der Waals surface area contributed by atoms with Crippen molar-refractivity contribution in [1.82, 2.24) is 25.1 Å². The van der Waals surface area contributed by atoms with E-state index in [1.165, 1.54) is 18.3 Å². The van der Waals surface area contributed by atoms with E-state index < -0.39 is 43.2 Å². The summed E-state index contributed by atoms with van der Waals surface area (Å²) in [4.78, 5) is 35.1. The summed E-state index contributed by atoms with van der Waals surface area (Å²) in [6.45, 7) is 1.59. The number of amides is 2. The zero-order valence-corrected chi connectivity index (χ0v) is 21.8. The molecule has 1 atom stereocenters. The Morgan fingerprint density at radius 3 is 2.36 bits per heavy atom. The summed E-state index contributed by atoms with van der Waals surface area (Å²) in [6.07, 6.45) is 6.81. The summed E-state index contributed by atoms with van der Waals surface area (Å²) < 4.78 is 42.7. The van der Waals surface area contributed by atoms with Gasteiger partial charge in [0.2, 0.25) is 11.9 Å². The van der Waals surface area contributed by atoms with Crippen LogP contribution in [-0.2, 0) is 4.79 Å². The quantitative estimate of drug-likeness (QED) is 0.342. The minimum atomic E-state index is -1.23. The van der Waals surface area contributed by atoms with E-state index in [-0.39, 0.29) is 34.8 Å². The second-order valence-corrected chi connectivity index (χ2v) is 10.5. The second-order valence-electron chi connectivity index (χ2n) is 10.5. The van der Waals surface area contributed by atoms with Crippen LogP contribution in [0.25, 0.3) is 11.1 Å². The van der Waals surface area contributed by atoms with Crippen molar-refractivity contribution in [2.24, 2.45) is 17.8 Å². The molecule has 11 heteroatoms. The first kappa shape index (κ1) is 26.8. The molecule has 0 bridgehead atoms. The molecule has 0 aliphatic heterocycles. The number of alkyl halides is 2. The van der Waals surface area contributed by atoms with Gasteiger partial charge in [0.05, 0.1) is 0 Å². The number of pyridine rings is 2. The molecule has 2 fully saturated rings. The molecule has 0 aromatic carbocycles. The molecule has 0 radical (unpaired) electrons. The number of aromatic nitrogens is 4. The van der Waals surface area contributed by atoms with E-state index in [9.17, 15) is 18.4 Å². The fourth-order valence-corrected chi connectivity index (χ4v) is 5.22. The molecule has 3 aromatic heterocycles. The van der Waals surface area contributed by atoms with Crippen molar-refractivity contribution in [3.05, 3.63) is 59.6 Å². The number of carbonyl (C=O) groups excluding carboxylic acids is 2. The third-order valence-electron chi connectivity index (χ3n) is 7.51. The summed E-state index contributed by atoms with van der Waals surface area (Å²) in [5.41, 5.74) is 2.38. The number of halogens is 3. The molecular formula is C28H31F3N6O2. The fourth-order valence-electron chi connectivity index (χ4n) is 5.22. The first-order valence-corrected chi connectivity index (χ1v) is 13.2. The van der Waals surface area contributed by atoms with Crippen molar-refractivity contribution in [3.8, 4) is 11.1 Å². The Kier molecular flexibility index (Phi) is 7.67. The van der Waals surface area contributed by atoms with Crippen molar-refractivity contribution < 1.29 is 22.8 Å². The SMILES string of the molecule is Cc1cnc(C)c(-c2ccc(NC(=O)[C@@H](NC(=O)c3ccnn3C(CF)CF)C(C3CC3)C3CC3)nc2F)c1. The predicted molar refractivity (Wildman–Crippen MR) is 139 cm³/mol. The van der Waals surface area contributed by atoms with E-state index in [0.29, 0.717) is 11.3 Å². The molecule has 2 N–H and O–H groups in total. The van der Waals surface area contributed by atoms with Crippen LogP contribution < -0.4 is 10.6 Å². The minimum absolute atomic E-state index is 0.0177. The molecule has 2 amide bonds. The summed E-state index contributed by atoms with van der Waals surface area (Å²) in [5.74, 6) is -1.44. The highest BCUT2D eigenvalue weighted by molar-refractivity contribution is 6.00. The van der Waals surface area contributed by atoms with Gasteiger partial charge in [0.1, 0.15) is 36.9 Å². The molecule has 0 unspecified atom stereocenters. The molecule has 39 heavy (non-hydrogen) atoms. The van der Waals surface area contributed by atoms with Crippen molar-refractivity contribution in [3.63, 3.8) is 0 Å². The van der Waals surface area contributed by atoms with Crippen molar-refractivity contribution in [2.45, 2.75) is 51.6 Å². The topological polar surface area (TPSA) is 102 Å². The molecular weight excluding hydrogens is 509 g/mol. The predicted octanol–water partition coefficient (Wildman–Crippen LogP) is 4.75. The van der Waals surface area contributed by atoms with Gasteiger partial charge >= 0.3 is 0 Å². The van der Waals surface area contributed by atoms with E-state index in [2.05, 4.69) is 25.7 Å². The first-order chi connectivity index (χ1) is 18.8. The van der Waals surface area contributed by atoms with Crippen LogP contribution in [-0.4, -0.2) is 51.0 Å². The minimum Gasteiger partial charge on any atom is -0.339 e. The Hall–Kier alpha value is -3.76. The van der Waals surface area contributed by atoms with Crippen molar-refractivity contribution >= 4 is 17.6 Å². The number of aryl methyl sites for hydroxylation is 2. The number of nitrogens with zero attached hydrogens (tertiary/aromatic N) is 4. The van der Waals surface area contributed by atoms with Gasteiger partial charge in [-0.15, -0.1) is 0 Å². The number of rotatable bonds is 11. The Labute approximate surface area is 224 Å². The first-order valence-electron chi connectivity index (χ1n) is 13.2. The van der Waals surface area contributed by atoms with Gasteiger partial charge in [-0.1, -0.05) is 0 Å². The molecule has 206 valence electrons. The summed E-state index contributed by atoms with van der Waals surface area (Å²) in [7, 11) is 0. The molecule has 0 saturated heterocycles. The Bertz CT molecular complexity index is 1360. The number of hydrogen-bond donors (Lipinski definition) is 2. The lowest BCUT2D eigenvalue weighted by Crippen LogP contribution is -2.50. The van der Waals surface area contributed by atoms with Crippen LogP contribution in [0.2, 0.25) is 0 Å². The molecule has 5 rings (SSSR count). The van der Waals surface area contributed by atoms with E-state index in [4.69, 9.17) is 0 Å². The fraction of sp³-hybridized carbons (Fsp3) is 0.464. The molecule has 2 aliphatic carbocycles. The van der Waals surface area contributed by atoms with Gasteiger partial charge in [0.15, 0.2) is 0 Å². The van der Waals surface area contributed by atoms with Gasteiger partial charge in [-0.2, -0.15) is 9.49 Å². The normalized spacial score (nSPS) is 16.0. The maximum atomic E-state index is 15.1. The maximum absolute atomic E-state index is 15.1. The van der Waals surface area contributed by atoms with Gasteiger partial charge in [-0.3, -0.25) is 19.3 Å². The molecule has 3 aromatic rings. The monoisotopic (exact) mass is 540 g/mol. The van der Waals surface area contributed by atoms with E-state index in [0.717, 1.165) is 35.9 Å². The van der Waals surface area contributed by atoms with Gasteiger partial charge in [0.25, 0.3) is 5.91 Å². The van der Waals surface area contributed by atoms with Crippen LogP contribution in [0.15, 0.2) is 36.7 Å². The van der Waals surface area contributed by atoms with Gasteiger partial charge in [-0.05, 0) is 87.1 Å². The molecule has 2 aliphatic rings. The standard InChI is InChI=1S/C28H31F3N6O2/c1-15-11-21(16(2)32-14-15)20-7-8-23(34-26(20)31)35-28(39)25(24(17-3-4-17)18-5-6-18)36-27(38)22-9-10-33-37(22)19(12-29)13-30/h7-11,14,17-19,24-25H,3-6,12-13H2,1-2H3,(H,36,38)(H,34,35,39)/t25-/m0/s1. The van der Waals surface area contributed by atoms with Crippen molar-refractivity contribution in [2.75, 3.05) is 18.7 Å². The summed E-state index contributed by atoms with van der Waals surface area (Å²) in [6, 6.07) is 4.09. The van der Waals surface area contributed by atoms with Gasteiger partial charge < -0.3 is 10.6 Å². The highest BCUT2D eigenvalue weighted by atomic mass is 19.1. The summed E-state index contributed by atoms with van der Waals surface area (Å²) in [5, 5.41) is 9.40. The smallest absolute Gasteiger partial charge is 0.270 e. The average molecular weight is 541 g/mol. The third-order valence-corrected chi connectivity index (χ3v) is 7.51. The zero-order valence-electron chi connectivity index (χ0n) is 21.8. The van der Waals surface area contributed by atoms with Gasteiger partial charge in [0, 0.05) is 29.2 Å². The lowest BCUT2D eigenvalue weighted by Gasteiger charge is -2.27. The zero-order chi connectivity index (χ0) is 27.7. The lowest BCUT2D eigenvalue weighted by atomic mass is 9.88. The third kappa shape index (κ3) is 5.81. The molecule has 8 nitrogen and oxygen atoms in total. The van der Waals surface area contributed by atoms with Crippen LogP contribution in [0, 0.1) is 37.5 Å². The highest BCUT2D eigenvalue weighted by Crippen LogP contribution is 2.51. The number of hydrogen-bond acceptors (Lipinski definition) is 5. The Balaban J connectivity index is 1.39. The average Bonchev–Trinajstić information content (AvgIpc) is 3.86. The maximum Gasteiger partial charge on any atom is 0.270 e. The van der Waals surface area contributed by atoms with Crippen LogP contribution in [0.5, 0.6) is 0 Å². The number of carbonyl (C=O) groups is 2. The number of nitrogens with one attached hydrogen (secondary N) is 2. The van der Waals surface area contributed by atoms with Gasteiger partial charge in [-0.25, -0.2) is 13.8 Å². The van der Waals surface area contributed by atoms with E-state index >= 15 is 4.39 Å². The molecule has 3 heterocycles. The number of anilines is 1. The van der Waals surface area contributed by atoms with Crippen LogP contribution in [0.4, 0.5) is 19.0 Å². The van der Waals surface area contributed by atoms with Crippen LogP contribution in [0.1, 0.15) is 53.5 Å². The van der Waals surface area contributed by atoms with Crippen LogP contribution >= 0.6 is 0 Å². The Morgan fingerprint density at radius 2 is 1.74 bits per heavy atom. The molecule has 2 saturated carbocycles. The largest absolute Gasteiger partial charge is 0.339 e. The Morgan fingerprint density at radius 1 is 1.05 bits per heavy atom. The lowest BCUT2D eigenvalue weighted by molar-refractivity contribution is -0.119. The highest BCUT2D eigenvalue weighted by Gasteiger charge is 2.48.